The van der Waals surface area contributed by atoms with Crippen LogP contribution in [-0.4, -0.2) is 51.3 Å². The number of amides is 3. The number of rotatable bonds is 12. The molecule has 0 saturated heterocycles. The van der Waals surface area contributed by atoms with Crippen molar-refractivity contribution in [2.75, 3.05) is 34.1 Å². The first-order chi connectivity index (χ1) is 22.9. The van der Waals surface area contributed by atoms with Crippen molar-refractivity contribution in [3.63, 3.8) is 0 Å². The van der Waals surface area contributed by atoms with E-state index in [1.165, 1.54) is 23.1 Å². The molecule has 48 heavy (non-hydrogen) atoms. The van der Waals surface area contributed by atoms with E-state index in [1.54, 1.807) is 49.5 Å². The lowest BCUT2D eigenvalue weighted by Gasteiger charge is -2.35. The molecule has 14 nitrogen and oxygen atoms in total. The molecule has 0 spiro atoms. The normalized spacial score (nSPS) is 13.1. The van der Waals surface area contributed by atoms with Gasteiger partial charge in [0.15, 0.2) is 11.5 Å². The van der Waals surface area contributed by atoms with Gasteiger partial charge >= 0.3 is 11.7 Å². The number of benzene rings is 2. The number of fused-ring (bicyclic) bond motifs is 1. The summed E-state index contributed by atoms with van der Waals surface area (Å²) >= 11 is 0. The zero-order valence-corrected chi connectivity index (χ0v) is 27.3. The van der Waals surface area contributed by atoms with Gasteiger partial charge in [-0.05, 0) is 62.2 Å². The van der Waals surface area contributed by atoms with Crippen LogP contribution in [0.25, 0.3) is 0 Å². The lowest BCUT2D eigenvalue weighted by atomic mass is 9.98. The van der Waals surface area contributed by atoms with E-state index in [0.29, 0.717) is 29.6 Å². The van der Waals surface area contributed by atoms with Gasteiger partial charge in [0.05, 0.1) is 35.6 Å². The Morgan fingerprint density at radius 3 is 2.54 bits per heavy atom. The van der Waals surface area contributed by atoms with Crippen molar-refractivity contribution < 1.29 is 24.0 Å². The molecule has 0 bridgehead atoms. The first-order valence-corrected chi connectivity index (χ1v) is 15.4. The summed E-state index contributed by atoms with van der Waals surface area (Å²) in [6.07, 6.45) is 3.87. The smallest absolute Gasteiger partial charge is 0.330 e. The predicted molar refractivity (Wildman–Crippen MR) is 181 cm³/mol. The highest BCUT2D eigenvalue weighted by Crippen LogP contribution is 2.34. The molecule has 3 amide bonds. The number of nitrogens with one attached hydrogen (secondary N) is 2. The largest absolute Gasteiger partial charge is 0.487 e. The van der Waals surface area contributed by atoms with Crippen LogP contribution < -0.4 is 25.2 Å². The lowest BCUT2D eigenvalue weighted by Crippen LogP contribution is -2.46. The number of ether oxygens (including phenoxy) is 1. The van der Waals surface area contributed by atoms with Crippen LogP contribution in [0.15, 0.2) is 60.9 Å². The van der Waals surface area contributed by atoms with Gasteiger partial charge in [0.1, 0.15) is 5.82 Å². The number of ketones is 1. The van der Waals surface area contributed by atoms with Gasteiger partial charge in [-0.25, -0.2) is 9.78 Å². The zero-order chi connectivity index (χ0) is 34.5. The van der Waals surface area contributed by atoms with E-state index < -0.39 is 16.7 Å². The van der Waals surface area contributed by atoms with Crippen molar-refractivity contribution in [1.82, 2.24) is 15.0 Å². The molecule has 0 unspecified atom stereocenters. The van der Waals surface area contributed by atoms with Crippen molar-refractivity contribution in [1.29, 1.82) is 0 Å². The molecule has 1 aliphatic heterocycles. The Hall–Kier alpha value is -5.92. The quantitative estimate of drug-likeness (QED) is 0.0997. The van der Waals surface area contributed by atoms with E-state index in [0.717, 1.165) is 22.5 Å². The second kappa shape index (κ2) is 14.2. The summed E-state index contributed by atoms with van der Waals surface area (Å²) in [4.78, 5) is 66.9. The van der Waals surface area contributed by atoms with E-state index in [4.69, 9.17) is 4.74 Å². The molecular weight excluding hydrogens is 616 g/mol. The fourth-order valence-electron chi connectivity index (χ4n) is 5.13. The van der Waals surface area contributed by atoms with Gasteiger partial charge in [-0.2, -0.15) is 4.98 Å². The number of Topliss-reactive ketones (excluding diaryl/α,β-unsaturated/α-hetero) is 1. The maximum absolute atomic E-state index is 13.6. The number of nitro benzene ring substituents is 1. The van der Waals surface area contributed by atoms with Crippen LogP contribution in [0.5, 0.6) is 5.75 Å². The Bertz CT molecular complexity index is 1880. The van der Waals surface area contributed by atoms with Gasteiger partial charge in [-0.15, -0.1) is 0 Å². The fourth-order valence-corrected chi connectivity index (χ4v) is 5.13. The molecule has 0 radical (unpaired) electrons. The molecular formula is C34H36N8O6. The number of urea groups is 1. The Labute approximate surface area is 277 Å². The SMILES string of the molecule is CCCOc1cc(C(=O)C[C@@H](C)C(=O)Nc2ccc(C)c(N3Cc4cnc(Nc5ccc(C)nc5)nc4N(C)C3=O)c2)ccc1[N+](=O)[O-]. The number of carbonyl (C=O) groups excluding carboxylic acids is 3. The molecule has 2 N–H and O–H groups in total. The topological polar surface area (TPSA) is 173 Å². The van der Waals surface area contributed by atoms with Crippen LogP contribution in [0.4, 0.5) is 39.3 Å². The Morgan fingerprint density at radius 2 is 1.83 bits per heavy atom. The molecule has 3 heterocycles. The number of hydrogen-bond donors (Lipinski definition) is 2. The average molecular weight is 653 g/mol. The molecule has 0 saturated carbocycles. The summed E-state index contributed by atoms with van der Waals surface area (Å²) in [5.74, 6) is -0.641. The van der Waals surface area contributed by atoms with Crippen LogP contribution in [0.3, 0.4) is 0 Å². The van der Waals surface area contributed by atoms with Crippen molar-refractivity contribution >= 4 is 52.2 Å². The van der Waals surface area contributed by atoms with Crippen molar-refractivity contribution in [2.45, 2.75) is 47.1 Å². The van der Waals surface area contributed by atoms with Crippen molar-refractivity contribution in [2.24, 2.45) is 5.92 Å². The van der Waals surface area contributed by atoms with Crippen LogP contribution in [-0.2, 0) is 11.3 Å². The maximum Gasteiger partial charge on any atom is 0.330 e. The van der Waals surface area contributed by atoms with Crippen LogP contribution in [0, 0.1) is 29.9 Å². The zero-order valence-electron chi connectivity index (χ0n) is 27.3. The first kappa shape index (κ1) is 33.4. The number of pyridine rings is 1. The van der Waals surface area contributed by atoms with Crippen LogP contribution in [0.1, 0.15) is 53.9 Å². The molecule has 0 fully saturated rings. The molecule has 248 valence electrons. The number of hydrogen-bond acceptors (Lipinski definition) is 10. The molecule has 14 heteroatoms. The summed E-state index contributed by atoms with van der Waals surface area (Å²) in [7, 11) is 1.64. The number of carbonyl (C=O) groups is 3. The number of nitrogens with zero attached hydrogens (tertiary/aromatic N) is 6. The maximum atomic E-state index is 13.6. The van der Waals surface area contributed by atoms with Crippen molar-refractivity contribution in [3.05, 3.63) is 93.4 Å². The van der Waals surface area contributed by atoms with Gasteiger partial charge < -0.3 is 15.4 Å². The molecule has 5 rings (SSSR count). The van der Waals surface area contributed by atoms with E-state index in [2.05, 4.69) is 25.6 Å². The Morgan fingerprint density at radius 1 is 1.06 bits per heavy atom. The fraction of sp³-hybridized carbons (Fsp3) is 0.294. The highest BCUT2D eigenvalue weighted by atomic mass is 16.6. The van der Waals surface area contributed by atoms with E-state index in [-0.39, 0.29) is 48.4 Å². The number of aryl methyl sites for hydroxylation is 2. The second-order valence-corrected chi connectivity index (χ2v) is 11.6. The highest BCUT2D eigenvalue weighted by Gasteiger charge is 2.32. The summed E-state index contributed by atoms with van der Waals surface area (Å²) in [6.45, 7) is 7.74. The number of aromatic nitrogens is 3. The van der Waals surface area contributed by atoms with Gasteiger partial charge in [-0.3, -0.25) is 34.5 Å². The number of nitro groups is 1. The minimum atomic E-state index is -0.720. The third-order valence-electron chi connectivity index (χ3n) is 7.82. The minimum Gasteiger partial charge on any atom is -0.487 e. The predicted octanol–water partition coefficient (Wildman–Crippen LogP) is 6.35. The summed E-state index contributed by atoms with van der Waals surface area (Å²) in [6, 6.07) is 12.6. The molecule has 2 aromatic heterocycles. The lowest BCUT2D eigenvalue weighted by molar-refractivity contribution is -0.385. The van der Waals surface area contributed by atoms with E-state index in [1.807, 2.05) is 32.9 Å². The van der Waals surface area contributed by atoms with E-state index in [9.17, 15) is 24.5 Å². The standard InChI is InChI=1S/C34H36N8O6/c1-6-13-48-30-15-23(9-12-27(30)42(46)47)29(43)14-21(3)32(44)37-25-10-7-20(2)28(16-25)41-19-24-17-36-33(39-31(24)40(5)34(41)45)38-26-11-8-22(4)35-18-26/h7-12,15-18,21H,6,13-14,19H2,1-5H3,(H,37,44)(H,36,38,39)/t21-/m1/s1. The van der Waals surface area contributed by atoms with Gasteiger partial charge in [0.25, 0.3) is 0 Å². The molecule has 1 aliphatic rings. The van der Waals surface area contributed by atoms with Gasteiger partial charge in [0.2, 0.25) is 11.9 Å². The van der Waals surface area contributed by atoms with Crippen LogP contribution >= 0.6 is 0 Å². The Balaban J connectivity index is 1.27. The number of anilines is 5. The molecule has 0 aliphatic carbocycles. The molecule has 4 aromatic rings. The second-order valence-electron chi connectivity index (χ2n) is 11.6. The monoisotopic (exact) mass is 652 g/mol. The van der Waals surface area contributed by atoms with Gasteiger partial charge in [-0.1, -0.05) is 19.9 Å². The summed E-state index contributed by atoms with van der Waals surface area (Å²) in [5.41, 5.74) is 4.19. The summed E-state index contributed by atoms with van der Waals surface area (Å²) < 4.78 is 5.49. The Kier molecular flexibility index (Phi) is 9.92. The first-order valence-electron chi connectivity index (χ1n) is 15.4. The van der Waals surface area contributed by atoms with Crippen LogP contribution in [0.2, 0.25) is 0 Å². The van der Waals surface area contributed by atoms with E-state index >= 15 is 0 Å². The third-order valence-corrected chi connectivity index (χ3v) is 7.82. The minimum absolute atomic E-state index is 0.0148. The molecule has 2 aromatic carbocycles. The van der Waals surface area contributed by atoms with Crippen molar-refractivity contribution in [3.8, 4) is 5.75 Å². The molecule has 1 atom stereocenters. The van der Waals surface area contributed by atoms with Gasteiger partial charge in [0, 0.05) is 54.2 Å². The third kappa shape index (κ3) is 7.38. The average Bonchev–Trinajstić information content (AvgIpc) is 3.07. The summed E-state index contributed by atoms with van der Waals surface area (Å²) in [5, 5.41) is 17.3. The highest BCUT2D eigenvalue weighted by molar-refractivity contribution is 6.06.